The zero-order valence-electron chi connectivity index (χ0n) is 13.3. The number of esters is 1. The molecule has 1 aromatic heterocycles. The van der Waals surface area contributed by atoms with E-state index in [9.17, 15) is 4.79 Å². The summed E-state index contributed by atoms with van der Waals surface area (Å²) in [5, 5.41) is 0. The minimum absolute atomic E-state index is 0.163. The van der Waals surface area contributed by atoms with Crippen LogP contribution in [0.15, 0.2) is 65.3 Å². The van der Waals surface area contributed by atoms with Crippen molar-refractivity contribution in [1.29, 1.82) is 0 Å². The second-order valence-corrected chi connectivity index (χ2v) is 5.06. The number of ether oxygens (including phenoxy) is 2. The molecule has 0 saturated carbocycles. The van der Waals surface area contributed by atoms with Crippen molar-refractivity contribution in [3.05, 3.63) is 72.1 Å². The van der Waals surface area contributed by atoms with Gasteiger partial charge in [0.25, 0.3) is 0 Å². The molecule has 0 N–H and O–H groups in total. The predicted molar refractivity (Wildman–Crippen MR) is 88.7 cm³/mol. The third-order valence-corrected chi connectivity index (χ3v) is 3.34. The highest BCUT2D eigenvalue weighted by molar-refractivity contribution is 5.87. The number of nitrogens with zero attached hydrogens (tertiary/aromatic N) is 1. The van der Waals surface area contributed by atoms with Crippen molar-refractivity contribution in [1.82, 2.24) is 4.98 Å². The van der Waals surface area contributed by atoms with Crippen molar-refractivity contribution in [3.63, 3.8) is 0 Å². The highest BCUT2D eigenvalue weighted by Gasteiger charge is 2.14. The first-order valence-corrected chi connectivity index (χ1v) is 7.66. The molecule has 24 heavy (non-hydrogen) atoms. The van der Waals surface area contributed by atoms with Gasteiger partial charge in [-0.1, -0.05) is 30.3 Å². The van der Waals surface area contributed by atoms with Gasteiger partial charge in [0.15, 0.2) is 5.69 Å². The summed E-state index contributed by atoms with van der Waals surface area (Å²) in [6.45, 7) is 2.55. The Labute approximate surface area is 139 Å². The maximum absolute atomic E-state index is 11.6. The van der Waals surface area contributed by atoms with E-state index in [2.05, 4.69) is 4.98 Å². The molecule has 0 bridgehead atoms. The number of benzene rings is 2. The van der Waals surface area contributed by atoms with E-state index in [1.54, 1.807) is 6.92 Å². The van der Waals surface area contributed by atoms with Crippen molar-refractivity contribution in [2.24, 2.45) is 0 Å². The van der Waals surface area contributed by atoms with Crippen LogP contribution in [0.4, 0.5) is 0 Å². The van der Waals surface area contributed by atoms with Gasteiger partial charge in [-0.3, -0.25) is 0 Å². The summed E-state index contributed by atoms with van der Waals surface area (Å²) >= 11 is 0. The summed E-state index contributed by atoms with van der Waals surface area (Å²) in [6.07, 6.45) is 1.30. The molecule has 2 aromatic carbocycles. The first-order chi connectivity index (χ1) is 11.8. The summed E-state index contributed by atoms with van der Waals surface area (Å²) in [6, 6.07) is 17.3. The molecule has 0 atom stereocenters. The topological polar surface area (TPSA) is 61.6 Å². The normalized spacial score (nSPS) is 10.4. The van der Waals surface area contributed by atoms with Crippen molar-refractivity contribution >= 4 is 5.97 Å². The van der Waals surface area contributed by atoms with Gasteiger partial charge in [-0.05, 0) is 36.8 Å². The number of carbonyl (C=O) groups is 1. The molecule has 0 amide bonds. The van der Waals surface area contributed by atoms with Crippen LogP contribution in [-0.2, 0) is 11.3 Å². The first kappa shape index (κ1) is 15.8. The standard InChI is InChI=1S/C19H17NO4/c1-2-22-19(21)17-13-24-18(20-17)15-8-10-16(11-9-15)23-12-14-6-4-3-5-7-14/h3-11,13H,2,12H2,1H3. The van der Waals surface area contributed by atoms with Crippen molar-refractivity contribution < 1.29 is 18.7 Å². The van der Waals surface area contributed by atoms with Crippen molar-refractivity contribution in [2.75, 3.05) is 6.61 Å². The molecule has 0 aliphatic heterocycles. The van der Waals surface area contributed by atoms with Crippen LogP contribution >= 0.6 is 0 Å². The van der Waals surface area contributed by atoms with Crippen LogP contribution in [0.1, 0.15) is 23.0 Å². The molecule has 122 valence electrons. The van der Waals surface area contributed by atoms with E-state index in [1.165, 1.54) is 6.26 Å². The number of hydrogen-bond acceptors (Lipinski definition) is 5. The highest BCUT2D eigenvalue weighted by atomic mass is 16.5. The Hall–Kier alpha value is -3.08. The average Bonchev–Trinajstić information content (AvgIpc) is 3.12. The summed E-state index contributed by atoms with van der Waals surface area (Å²) in [5.41, 5.74) is 2.03. The molecular weight excluding hydrogens is 306 g/mol. The van der Waals surface area contributed by atoms with Crippen LogP contribution in [0.25, 0.3) is 11.5 Å². The van der Waals surface area contributed by atoms with Gasteiger partial charge in [0.05, 0.1) is 6.61 Å². The quantitative estimate of drug-likeness (QED) is 0.639. The molecule has 5 nitrogen and oxygen atoms in total. The van der Waals surface area contributed by atoms with Crippen LogP contribution in [0.5, 0.6) is 5.75 Å². The lowest BCUT2D eigenvalue weighted by atomic mass is 10.2. The van der Waals surface area contributed by atoms with E-state index in [4.69, 9.17) is 13.9 Å². The van der Waals surface area contributed by atoms with E-state index >= 15 is 0 Å². The third-order valence-electron chi connectivity index (χ3n) is 3.34. The SMILES string of the molecule is CCOC(=O)c1coc(-c2ccc(OCc3ccccc3)cc2)n1. The smallest absolute Gasteiger partial charge is 0.360 e. The number of rotatable bonds is 6. The highest BCUT2D eigenvalue weighted by Crippen LogP contribution is 2.22. The van der Waals surface area contributed by atoms with Gasteiger partial charge in [-0.2, -0.15) is 0 Å². The molecule has 1 heterocycles. The summed E-state index contributed by atoms with van der Waals surface area (Å²) < 4.78 is 16.0. The largest absolute Gasteiger partial charge is 0.489 e. The Morgan fingerprint density at radius 1 is 1.08 bits per heavy atom. The molecule has 0 radical (unpaired) electrons. The zero-order valence-corrected chi connectivity index (χ0v) is 13.3. The van der Waals surface area contributed by atoms with Crippen LogP contribution in [0, 0.1) is 0 Å². The van der Waals surface area contributed by atoms with Crippen LogP contribution in [0.2, 0.25) is 0 Å². The third kappa shape index (κ3) is 3.81. The fourth-order valence-electron chi connectivity index (χ4n) is 2.14. The van der Waals surface area contributed by atoms with Crippen LogP contribution in [-0.4, -0.2) is 17.6 Å². The van der Waals surface area contributed by atoms with Crippen molar-refractivity contribution in [2.45, 2.75) is 13.5 Å². The number of oxazole rings is 1. The maximum atomic E-state index is 11.6. The summed E-state index contributed by atoms with van der Waals surface area (Å²) in [7, 11) is 0. The molecule has 0 saturated heterocycles. The molecule has 3 rings (SSSR count). The van der Waals surface area contributed by atoms with Gasteiger partial charge in [0.2, 0.25) is 5.89 Å². The Balaban J connectivity index is 1.65. The minimum Gasteiger partial charge on any atom is -0.489 e. The fraction of sp³-hybridized carbons (Fsp3) is 0.158. The lowest BCUT2D eigenvalue weighted by Gasteiger charge is -2.06. The molecule has 0 spiro atoms. The molecule has 0 aliphatic carbocycles. The average molecular weight is 323 g/mol. The Morgan fingerprint density at radius 2 is 1.83 bits per heavy atom. The first-order valence-electron chi connectivity index (χ1n) is 7.66. The van der Waals surface area contributed by atoms with E-state index in [-0.39, 0.29) is 5.69 Å². The molecule has 0 fully saturated rings. The van der Waals surface area contributed by atoms with Crippen molar-refractivity contribution in [3.8, 4) is 17.2 Å². The van der Waals surface area contributed by atoms with Gasteiger partial charge >= 0.3 is 5.97 Å². The fourth-order valence-corrected chi connectivity index (χ4v) is 2.14. The minimum atomic E-state index is -0.490. The molecule has 0 aliphatic rings. The van der Waals surface area contributed by atoms with E-state index < -0.39 is 5.97 Å². The molecule has 3 aromatic rings. The zero-order chi connectivity index (χ0) is 16.8. The lowest BCUT2D eigenvalue weighted by molar-refractivity contribution is 0.0519. The van der Waals surface area contributed by atoms with Gasteiger partial charge in [0, 0.05) is 5.56 Å². The predicted octanol–water partition coefficient (Wildman–Crippen LogP) is 4.10. The van der Waals surface area contributed by atoms with E-state index in [1.807, 2.05) is 54.6 Å². The number of hydrogen-bond donors (Lipinski definition) is 0. The van der Waals surface area contributed by atoms with Gasteiger partial charge in [0.1, 0.15) is 18.6 Å². The molecule has 0 unspecified atom stereocenters. The van der Waals surface area contributed by atoms with Crippen LogP contribution < -0.4 is 4.74 Å². The van der Waals surface area contributed by atoms with E-state index in [0.717, 1.165) is 16.9 Å². The summed E-state index contributed by atoms with van der Waals surface area (Å²) in [4.78, 5) is 15.7. The molecular formula is C19H17NO4. The summed E-state index contributed by atoms with van der Waals surface area (Å²) in [5.74, 6) is 0.628. The molecule has 5 heteroatoms. The second-order valence-electron chi connectivity index (χ2n) is 5.06. The number of carbonyl (C=O) groups excluding carboxylic acids is 1. The Morgan fingerprint density at radius 3 is 2.54 bits per heavy atom. The second kappa shape index (κ2) is 7.46. The Bertz CT molecular complexity index is 794. The monoisotopic (exact) mass is 323 g/mol. The maximum Gasteiger partial charge on any atom is 0.360 e. The van der Waals surface area contributed by atoms with Gasteiger partial charge < -0.3 is 13.9 Å². The lowest BCUT2D eigenvalue weighted by Crippen LogP contribution is -2.04. The van der Waals surface area contributed by atoms with Crippen LogP contribution in [0.3, 0.4) is 0 Å². The Kier molecular flexibility index (Phi) is 4.91. The van der Waals surface area contributed by atoms with Gasteiger partial charge in [-0.25, -0.2) is 9.78 Å². The number of aromatic nitrogens is 1. The van der Waals surface area contributed by atoms with Gasteiger partial charge in [-0.15, -0.1) is 0 Å². The van der Waals surface area contributed by atoms with E-state index in [0.29, 0.717) is 19.1 Å².